The molecule has 3 heterocycles. The van der Waals surface area contributed by atoms with Crippen LogP contribution in [0.15, 0.2) is 22.6 Å². The van der Waals surface area contributed by atoms with Crippen molar-refractivity contribution < 1.29 is 9.15 Å². The van der Waals surface area contributed by atoms with E-state index in [1.54, 1.807) is 0 Å². The molecule has 2 fully saturated rings. The third-order valence-electron chi connectivity index (χ3n) is 5.97. The number of fused-ring (bicyclic) bond motifs is 1. The number of nitrogens with two attached hydrogens (primary N) is 1. The van der Waals surface area contributed by atoms with E-state index in [0.29, 0.717) is 35.7 Å². The number of aromatic nitrogens is 3. The van der Waals surface area contributed by atoms with Crippen LogP contribution < -0.4 is 11.1 Å². The van der Waals surface area contributed by atoms with Crippen molar-refractivity contribution in [1.82, 2.24) is 15.2 Å². The summed E-state index contributed by atoms with van der Waals surface area (Å²) in [4.78, 5) is 4.92. The fourth-order valence-corrected chi connectivity index (χ4v) is 4.11. The summed E-state index contributed by atoms with van der Waals surface area (Å²) in [7, 11) is 0. The molecular formula is C23H29N5O2. The summed E-state index contributed by atoms with van der Waals surface area (Å²) >= 11 is 0. The first-order valence-electron chi connectivity index (χ1n) is 10.8. The van der Waals surface area contributed by atoms with E-state index in [1.165, 1.54) is 24.0 Å². The Balaban J connectivity index is 1.50. The van der Waals surface area contributed by atoms with Crippen molar-refractivity contribution in [3.05, 3.63) is 29.3 Å². The Hall–Kier alpha value is -2.67. The Morgan fingerprint density at radius 2 is 1.97 bits per heavy atom. The lowest BCUT2D eigenvalue weighted by molar-refractivity contribution is 0.120. The maximum absolute atomic E-state index is 6.48. The van der Waals surface area contributed by atoms with Crippen LogP contribution in [0.25, 0.3) is 22.5 Å². The molecule has 1 aliphatic heterocycles. The van der Waals surface area contributed by atoms with Gasteiger partial charge in [0, 0.05) is 24.2 Å². The second-order valence-corrected chi connectivity index (χ2v) is 9.51. The number of pyridine rings is 1. The Labute approximate surface area is 176 Å². The summed E-state index contributed by atoms with van der Waals surface area (Å²) in [5.74, 6) is 1.02. The highest BCUT2D eigenvalue weighted by molar-refractivity contribution is 5.95. The van der Waals surface area contributed by atoms with E-state index in [4.69, 9.17) is 19.9 Å². The second-order valence-electron chi connectivity index (χ2n) is 9.51. The van der Waals surface area contributed by atoms with E-state index in [0.717, 1.165) is 30.4 Å². The van der Waals surface area contributed by atoms with E-state index < -0.39 is 0 Å². The molecule has 1 atom stereocenters. The van der Waals surface area contributed by atoms with Gasteiger partial charge in [-0.05, 0) is 60.3 Å². The van der Waals surface area contributed by atoms with Gasteiger partial charge >= 0.3 is 6.01 Å². The number of nitrogens with one attached hydrogen (secondary N) is 1. The van der Waals surface area contributed by atoms with E-state index in [2.05, 4.69) is 48.4 Å². The molecule has 1 aliphatic carbocycles. The molecule has 30 heavy (non-hydrogen) atoms. The highest BCUT2D eigenvalue weighted by Gasteiger charge is 2.28. The molecule has 158 valence electrons. The molecule has 0 spiro atoms. The summed E-state index contributed by atoms with van der Waals surface area (Å²) in [5.41, 5.74) is 11.2. The molecule has 0 amide bonds. The standard InChI is InChI=1S/C23H29N5O2/c1-23(2,3)17-10-14(13-6-7-13)9-16-18(24)11-19(26-20(16)17)21-27-28-22(30-21)25-12-15-5-4-8-29-15/h9-11,13,15H,4-8,12H2,1-3H3,(H2,24,26)(H,25,28). The number of benzene rings is 1. The van der Waals surface area contributed by atoms with Crippen molar-refractivity contribution in [2.45, 2.75) is 63.9 Å². The zero-order valence-corrected chi connectivity index (χ0v) is 17.9. The van der Waals surface area contributed by atoms with Gasteiger partial charge < -0.3 is 20.2 Å². The molecule has 1 unspecified atom stereocenters. The fraction of sp³-hybridized carbons (Fsp3) is 0.522. The number of nitrogens with zero attached hydrogens (tertiary/aromatic N) is 3. The average Bonchev–Trinajstić information content (AvgIpc) is 3.22. The van der Waals surface area contributed by atoms with Gasteiger partial charge in [0.25, 0.3) is 5.89 Å². The van der Waals surface area contributed by atoms with Gasteiger partial charge in [-0.3, -0.25) is 0 Å². The number of nitrogen functional groups attached to an aromatic ring is 1. The highest BCUT2D eigenvalue weighted by atomic mass is 16.5. The van der Waals surface area contributed by atoms with Gasteiger partial charge in [-0.15, -0.1) is 5.10 Å². The van der Waals surface area contributed by atoms with E-state index >= 15 is 0 Å². The minimum absolute atomic E-state index is 0.0515. The molecule has 0 radical (unpaired) electrons. The smallest absolute Gasteiger partial charge is 0.315 e. The van der Waals surface area contributed by atoms with E-state index in [-0.39, 0.29) is 11.5 Å². The van der Waals surface area contributed by atoms with Crippen LogP contribution in [-0.2, 0) is 10.2 Å². The van der Waals surface area contributed by atoms with Gasteiger partial charge in [0.05, 0.1) is 11.6 Å². The topological polar surface area (TPSA) is 99.1 Å². The Bertz CT molecular complexity index is 1080. The zero-order chi connectivity index (χ0) is 20.9. The number of hydrogen-bond donors (Lipinski definition) is 2. The first kappa shape index (κ1) is 19.3. The van der Waals surface area contributed by atoms with Crippen molar-refractivity contribution in [2.75, 3.05) is 24.2 Å². The molecule has 7 nitrogen and oxygen atoms in total. The van der Waals surface area contributed by atoms with Crippen LogP contribution in [0.1, 0.15) is 63.5 Å². The molecule has 2 aliphatic rings. The fourth-order valence-electron chi connectivity index (χ4n) is 4.11. The van der Waals surface area contributed by atoms with Crippen LogP contribution in [0.3, 0.4) is 0 Å². The lowest BCUT2D eigenvalue weighted by Gasteiger charge is -2.23. The summed E-state index contributed by atoms with van der Waals surface area (Å²) < 4.78 is 11.4. The van der Waals surface area contributed by atoms with Gasteiger partial charge in [-0.25, -0.2) is 4.98 Å². The van der Waals surface area contributed by atoms with Gasteiger partial charge in [0.15, 0.2) is 0 Å². The minimum atomic E-state index is -0.0515. The monoisotopic (exact) mass is 407 g/mol. The van der Waals surface area contributed by atoms with Crippen molar-refractivity contribution in [3.8, 4) is 11.6 Å². The first-order valence-corrected chi connectivity index (χ1v) is 10.8. The largest absolute Gasteiger partial charge is 0.402 e. The molecular weight excluding hydrogens is 378 g/mol. The van der Waals surface area contributed by atoms with Crippen molar-refractivity contribution >= 4 is 22.6 Å². The Morgan fingerprint density at radius 3 is 2.67 bits per heavy atom. The number of rotatable bonds is 5. The number of hydrogen-bond acceptors (Lipinski definition) is 7. The van der Waals surface area contributed by atoms with Crippen LogP contribution in [0.4, 0.5) is 11.7 Å². The molecule has 5 rings (SSSR count). The van der Waals surface area contributed by atoms with Crippen LogP contribution in [0, 0.1) is 0 Å². The summed E-state index contributed by atoms with van der Waals surface area (Å²) in [6, 6.07) is 6.72. The predicted octanol–water partition coefficient (Wildman–Crippen LogP) is 4.63. The molecule has 1 saturated heterocycles. The SMILES string of the molecule is CC(C)(C)c1cc(C2CC2)cc2c(N)cc(-c3nnc(NCC4CCCO4)o3)nc12. The lowest BCUT2D eigenvalue weighted by Crippen LogP contribution is -2.18. The Morgan fingerprint density at radius 1 is 1.13 bits per heavy atom. The van der Waals surface area contributed by atoms with Gasteiger partial charge in [-0.1, -0.05) is 31.9 Å². The van der Waals surface area contributed by atoms with Crippen molar-refractivity contribution in [1.29, 1.82) is 0 Å². The highest BCUT2D eigenvalue weighted by Crippen LogP contribution is 2.44. The number of anilines is 2. The first-order chi connectivity index (χ1) is 14.4. The molecule has 3 N–H and O–H groups in total. The van der Waals surface area contributed by atoms with Gasteiger partial charge in [-0.2, -0.15) is 0 Å². The van der Waals surface area contributed by atoms with Crippen LogP contribution in [0.5, 0.6) is 0 Å². The zero-order valence-electron chi connectivity index (χ0n) is 17.9. The van der Waals surface area contributed by atoms with Crippen molar-refractivity contribution in [2.24, 2.45) is 0 Å². The summed E-state index contributed by atoms with van der Waals surface area (Å²) in [5, 5.41) is 12.5. The lowest BCUT2D eigenvalue weighted by atomic mass is 9.83. The van der Waals surface area contributed by atoms with Crippen LogP contribution >= 0.6 is 0 Å². The molecule has 2 aromatic heterocycles. The van der Waals surface area contributed by atoms with Crippen LogP contribution in [-0.4, -0.2) is 34.4 Å². The Kier molecular flexibility index (Phi) is 4.65. The molecule has 3 aromatic rings. The summed E-state index contributed by atoms with van der Waals surface area (Å²) in [6.07, 6.45) is 4.86. The quantitative estimate of drug-likeness (QED) is 0.636. The molecule has 7 heteroatoms. The van der Waals surface area contributed by atoms with E-state index in [1.807, 2.05) is 6.07 Å². The molecule has 0 bridgehead atoms. The van der Waals surface area contributed by atoms with Gasteiger partial charge in [0.1, 0.15) is 5.69 Å². The average molecular weight is 408 g/mol. The number of ether oxygens (including phenoxy) is 1. The minimum Gasteiger partial charge on any atom is -0.402 e. The molecule has 1 aromatic carbocycles. The summed E-state index contributed by atoms with van der Waals surface area (Å²) in [6.45, 7) is 8.11. The van der Waals surface area contributed by atoms with Gasteiger partial charge in [0.2, 0.25) is 0 Å². The molecule has 1 saturated carbocycles. The maximum Gasteiger partial charge on any atom is 0.315 e. The third-order valence-corrected chi connectivity index (χ3v) is 5.97. The van der Waals surface area contributed by atoms with Crippen molar-refractivity contribution in [3.63, 3.8) is 0 Å². The second kappa shape index (κ2) is 7.23. The van der Waals surface area contributed by atoms with Crippen LogP contribution in [0.2, 0.25) is 0 Å². The predicted molar refractivity (Wildman–Crippen MR) is 118 cm³/mol. The third kappa shape index (κ3) is 3.74. The van der Waals surface area contributed by atoms with E-state index in [9.17, 15) is 0 Å². The maximum atomic E-state index is 6.48. The normalized spacial score (nSPS) is 19.5.